The lowest BCUT2D eigenvalue weighted by Crippen LogP contribution is -2.54. The molecule has 0 spiro atoms. The summed E-state index contributed by atoms with van der Waals surface area (Å²) in [5, 5.41) is 3.31. The Kier molecular flexibility index (Phi) is 4.63. The Hall–Kier alpha value is -2.33. The molecule has 0 bridgehead atoms. The van der Waals surface area contributed by atoms with Crippen molar-refractivity contribution in [2.45, 2.75) is 12.5 Å². The van der Waals surface area contributed by atoms with E-state index < -0.39 is 0 Å². The minimum atomic E-state index is -0.125. The van der Waals surface area contributed by atoms with Crippen molar-refractivity contribution in [1.29, 1.82) is 0 Å². The van der Waals surface area contributed by atoms with Gasteiger partial charge in [-0.25, -0.2) is 0 Å². The van der Waals surface area contributed by atoms with Crippen molar-refractivity contribution < 1.29 is 9.53 Å². The highest BCUT2D eigenvalue weighted by Gasteiger charge is 2.25. The van der Waals surface area contributed by atoms with Crippen LogP contribution in [0.15, 0.2) is 48.5 Å². The van der Waals surface area contributed by atoms with Crippen LogP contribution in [0.2, 0.25) is 0 Å². The van der Waals surface area contributed by atoms with Crippen LogP contribution in [0, 0.1) is 0 Å². The predicted molar refractivity (Wildman–Crippen MR) is 91.6 cm³/mol. The number of ether oxygens (including phenoxy) is 1. The van der Waals surface area contributed by atoms with Crippen molar-refractivity contribution in [3.8, 4) is 16.9 Å². The van der Waals surface area contributed by atoms with Crippen molar-refractivity contribution in [2.24, 2.45) is 0 Å². The SMILES string of the molecule is COc1ccc(-c2cccc(CC3NCCN(C)C3=O)c2)cc1. The molecule has 1 saturated heterocycles. The van der Waals surface area contributed by atoms with Gasteiger partial charge in [0, 0.05) is 20.1 Å². The van der Waals surface area contributed by atoms with E-state index in [1.54, 1.807) is 12.0 Å². The van der Waals surface area contributed by atoms with Gasteiger partial charge in [-0.15, -0.1) is 0 Å². The minimum Gasteiger partial charge on any atom is -0.497 e. The molecule has 0 radical (unpaired) electrons. The zero-order chi connectivity index (χ0) is 16.2. The fourth-order valence-corrected chi connectivity index (χ4v) is 2.93. The molecular formula is C19H22N2O2. The second kappa shape index (κ2) is 6.84. The highest BCUT2D eigenvalue weighted by molar-refractivity contribution is 5.82. The van der Waals surface area contributed by atoms with Gasteiger partial charge in [0.25, 0.3) is 0 Å². The van der Waals surface area contributed by atoms with Gasteiger partial charge in [-0.05, 0) is 35.2 Å². The Balaban J connectivity index is 1.78. The number of hydrogen-bond acceptors (Lipinski definition) is 3. The van der Waals surface area contributed by atoms with Crippen LogP contribution in [0.5, 0.6) is 5.75 Å². The van der Waals surface area contributed by atoms with Gasteiger partial charge < -0.3 is 15.0 Å². The van der Waals surface area contributed by atoms with Crippen molar-refractivity contribution in [1.82, 2.24) is 10.2 Å². The highest BCUT2D eigenvalue weighted by Crippen LogP contribution is 2.23. The summed E-state index contributed by atoms with van der Waals surface area (Å²) in [6, 6.07) is 16.3. The molecule has 1 aliphatic rings. The van der Waals surface area contributed by atoms with Gasteiger partial charge in [-0.2, -0.15) is 0 Å². The molecule has 2 aromatic carbocycles. The summed E-state index contributed by atoms with van der Waals surface area (Å²) in [5.74, 6) is 1.02. The number of methoxy groups -OCH3 is 1. The predicted octanol–water partition coefficient (Wildman–Crippen LogP) is 2.33. The lowest BCUT2D eigenvalue weighted by Gasteiger charge is -2.30. The molecule has 3 rings (SSSR count). The Labute approximate surface area is 137 Å². The fourth-order valence-electron chi connectivity index (χ4n) is 2.93. The molecule has 23 heavy (non-hydrogen) atoms. The first-order valence-corrected chi connectivity index (χ1v) is 7.89. The Morgan fingerprint density at radius 2 is 1.96 bits per heavy atom. The van der Waals surface area contributed by atoms with Crippen LogP contribution in [0.1, 0.15) is 5.56 Å². The lowest BCUT2D eigenvalue weighted by atomic mass is 9.98. The van der Waals surface area contributed by atoms with Crippen molar-refractivity contribution in [2.75, 3.05) is 27.2 Å². The van der Waals surface area contributed by atoms with Crippen LogP contribution in [-0.4, -0.2) is 44.1 Å². The number of carbonyl (C=O) groups excluding carboxylic acids is 1. The summed E-state index contributed by atoms with van der Waals surface area (Å²) in [5.41, 5.74) is 3.47. The molecule has 1 amide bonds. The smallest absolute Gasteiger partial charge is 0.239 e. The number of hydrogen-bond donors (Lipinski definition) is 1. The van der Waals surface area contributed by atoms with Gasteiger partial charge in [-0.1, -0.05) is 36.4 Å². The first-order valence-electron chi connectivity index (χ1n) is 7.89. The zero-order valence-electron chi connectivity index (χ0n) is 13.6. The average molecular weight is 310 g/mol. The number of nitrogens with one attached hydrogen (secondary N) is 1. The summed E-state index contributed by atoms with van der Waals surface area (Å²) in [4.78, 5) is 14.0. The topological polar surface area (TPSA) is 41.6 Å². The summed E-state index contributed by atoms with van der Waals surface area (Å²) in [6.07, 6.45) is 0.715. The molecule has 4 nitrogen and oxygen atoms in total. The van der Waals surface area contributed by atoms with E-state index in [4.69, 9.17) is 4.74 Å². The monoisotopic (exact) mass is 310 g/mol. The van der Waals surface area contributed by atoms with Crippen molar-refractivity contribution in [3.05, 3.63) is 54.1 Å². The minimum absolute atomic E-state index is 0.125. The van der Waals surface area contributed by atoms with Gasteiger partial charge in [-0.3, -0.25) is 4.79 Å². The third-order valence-electron chi connectivity index (χ3n) is 4.30. The van der Waals surface area contributed by atoms with Crippen LogP contribution in [-0.2, 0) is 11.2 Å². The van der Waals surface area contributed by atoms with E-state index in [9.17, 15) is 4.79 Å². The number of nitrogens with zero attached hydrogens (tertiary/aromatic N) is 1. The number of rotatable bonds is 4. The molecule has 1 fully saturated rings. The fraction of sp³-hybridized carbons (Fsp3) is 0.316. The van der Waals surface area contributed by atoms with Crippen LogP contribution >= 0.6 is 0 Å². The molecule has 120 valence electrons. The summed E-state index contributed by atoms with van der Waals surface area (Å²) in [6.45, 7) is 1.63. The van der Waals surface area contributed by atoms with Crippen molar-refractivity contribution in [3.63, 3.8) is 0 Å². The first kappa shape index (κ1) is 15.6. The summed E-state index contributed by atoms with van der Waals surface area (Å²) >= 11 is 0. The second-order valence-corrected chi connectivity index (χ2v) is 5.90. The highest BCUT2D eigenvalue weighted by atomic mass is 16.5. The Morgan fingerprint density at radius 3 is 2.70 bits per heavy atom. The van der Waals surface area contributed by atoms with Gasteiger partial charge in [0.15, 0.2) is 0 Å². The number of piperazine rings is 1. The normalized spacial score (nSPS) is 18.1. The zero-order valence-corrected chi connectivity index (χ0v) is 13.6. The van der Waals surface area contributed by atoms with Gasteiger partial charge in [0.2, 0.25) is 5.91 Å². The number of benzene rings is 2. The van der Waals surface area contributed by atoms with E-state index in [0.29, 0.717) is 6.42 Å². The number of carbonyl (C=O) groups is 1. The van der Waals surface area contributed by atoms with E-state index in [-0.39, 0.29) is 11.9 Å². The molecule has 2 aromatic rings. The summed E-state index contributed by atoms with van der Waals surface area (Å²) < 4.78 is 5.20. The average Bonchev–Trinajstić information content (AvgIpc) is 2.59. The van der Waals surface area contributed by atoms with Gasteiger partial charge in [0.1, 0.15) is 5.75 Å². The van der Waals surface area contributed by atoms with E-state index in [0.717, 1.165) is 30.0 Å². The molecule has 1 aliphatic heterocycles. The third-order valence-corrected chi connectivity index (χ3v) is 4.30. The van der Waals surface area contributed by atoms with Gasteiger partial charge >= 0.3 is 0 Å². The van der Waals surface area contributed by atoms with E-state index in [1.807, 2.05) is 25.2 Å². The maximum atomic E-state index is 12.2. The molecule has 4 heteroatoms. The molecular weight excluding hydrogens is 288 g/mol. The molecule has 0 saturated carbocycles. The van der Waals surface area contributed by atoms with Crippen LogP contribution in [0.3, 0.4) is 0 Å². The molecule has 0 aliphatic carbocycles. The maximum Gasteiger partial charge on any atom is 0.239 e. The second-order valence-electron chi connectivity index (χ2n) is 5.90. The van der Waals surface area contributed by atoms with E-state index in [1.165, 1.54) is 5.56 Å². The third kappa shape index (κ3) is 3.54. The Bertz CT molecular complexity index is 682. The molecule has 1 heterocycles. The van der Waals surface area contributed by atoms with E-state index in [2.05, 4.69) is 35.6 Å². The number of amides is 1. The molecule has 1 unspecified atom stereocenters. The first-order chi connectivity index (χ1) is 11.2. The van der Waals surface area contributed by atoms with Crippen LogP contribution < -0.4 is 10.1 Å². The van der Waals surface area contributed by atoms with E-state index >= 15 is 0 Å². The summed E-state index contributed by atoms with van der Waals surface area (Å²) in [7, 11) is 3.53. The standard InChI is InChI=1S/C19H22N2O2/c1-21-11-10-20-18(19(21)22)13-14-4-3-5-16(12-14)15-6-8-17(23-2)9-7-15/h3-9,12,18,20H,10-11,13H2,1-2H3. The molecule has 1 N–H and O–H groups in total. The largest absolute Gasteiger partial charge is 0.497 e. The van der Waals surface area contributed by atoms with Gasteiger partial charge in [0.05, 0.1) is 13.2 Å². The molecule has 0 aromatic heterocycles. The molecule has 1 atom stereocenters. The van der Waals surface area contributed by atoms with Crippen LogP contribution in [0.4, 0.5) is 0 Å². The number of likely N-dealkylation sites (N-methyl/N-ethyl adjacent to an activating group) is 1. The lowest BCUT2D eigenvalue weighted by molar-refractivity contribution is -0.134. The quantitative estimate of drug-likeness (QED) is 0.942. The van der Waals surface area contributed by atoms with Crippen molar-refractivity contribution >= 4 is 5.91 Å². The van der Waals surface area contributed by atoms with Crippen LogP contribution in [0.25, 0.3) is 11.1 Å². The maximum absolute atomic E-state index is 12.2. The Morgan fingerprint density at radius 1 is 1.17 bits per heavy atom.